The van der Waals surface area contributed by atoms with Crippen LogP contribution in [0, 0.1) is 0 Å². The molecule has 1 aliphatic rings. The van der Waals surface area contributed by atoms with Crippen molar-refractivity contribution in [2.75, 3.05) is 39.5 Å². The molecule has 0 bridgehead atoms. The zero-order valence-corrected chi connectivity index (χ0v) is 15.3. The fourth-order valence-corrected chi connectivity index (χ4v) is 2.76. The van der Waals surface area contributed by atoms with Crippen LogP contribution in [0.2, 0.25) is 0 Å². The van der Waals surface area contributed by atoms with E-state index in [1.807, 2.05) is 31.2 Å². The number of hydrogen-bond acceptors (Lipinski definition) is 4. The molecular formula is C19H30NO4+. The molecule has 24 heavy (non-hydrogen) atoms. The van der Waals surface area contributed by atoms with E-state index in [1.165, 1.54) is 10.5 Å². The third-order valence-corrected chi connectivity index (χ3v) is 4.19. The summed E-state index contributed by atoms with van der Waals surface area (Å²) in [6.45, 7) is 12.7. The minimum Gasteiger partial charge on any atom is -0.482 e. The van der Waals surface area contributed by atoms with Crippen molar-refractivity contribution in [1.82, 2.24) is 0 Å². The Kier molecular flexibility index (Phi) is 6.63. The normalized spacial score (nSPS) is 17.3. The van der Waals surface area contributed by atoms with Gasteiger partial charge >= 0.3 is 5.97 Å². The van der Waals surface area contributed by atoms with Crippen LogP contribution >= 0.6 is 0 Å². The molecule has 1 fully saturated rings. The minimum absolute atomic E-state index is 0.0579. The predicted molar refractivity (Wildman–Crippen MR) is 92.6 cm³/mol. The van der Waals surface area contributed by atoms with E-state index in [0.29, 0.717) is 5.75 Å². The molecule has 0 spiro atoms. The molecular weight excluding hydrogens is 306 g/mol. The van der Waals surface area contributed by atoms with Crippen LogP contribution in [-0.4, -0.2) is 51.5 Å². The third kappa shape index (κ3) is 6.13. The van der Waals surface area contributed by atoms with Gasteiger partial charge in [0.2, 0.25) is 0 Å². The first-order chi connectivity index (χ1) is 11.3. The number of nitrogens with one attached hydrogen (secondary N) is 1. The van der Waals surface area contributed by atoms with Crippen molar-refractivity contribution in [2.24, 2.45) is 0 Å². The summed E-state index contributed by atoms with van der Waals surface area (Å²) in [7, 11) is 0. The molecule has 1 aromatic rings. The van der Waals surface area contributed by atoms with Gasteiger partial charge in [-0.25, -0.2) is 4.79 Å². The largest absolute Gasteiger partial charge is 0.482 e. The lowest BCUT2D eigenvalue weighted by Gasteiger charge is -2.26. The van der Waals surface area contributed by atoms with Crippen LogP contribution in [0.25, 0.3) is 0 Å². The van der Waals surface area contributed by atoms with Crippen molar-refractivity contribution in [3.8, 4) is 5.75 Å². The van der Waals surface area contributed by atoms with Gasteiger partial charge < -0.3 is 19.1 Å². The molecule has 1 atom stereocenters. The van der Waals surface area contributed by atoms with Gasteiger partial charge in [0, 0.05) is 0 Å². The standard InChI is InChI=1S/C19H29NO4/c1-15(13-20-9-11-22-12-10-20)24-18(21)14-23-17-7-5-16(6-8-17)19(2,3)4/h5-8,15H,9-14H2,1-4H3/p+1/t15-/m0/s1. The second kappa shape index (κ2) is 8.49. The highest BCUT2D eigenvalue weighted by Gasteiger charge is 2.20. The number of carbonyl (C=O) groups is 1. The van der Waals surface area contributed by atoms with E-state index in [9.17, 15) is 4.79 Å². The van der Waals surface area contributed by atoms with E-state index in [4.69, 9.17) is 14.2 Å². The van der Waals surface area contributed by atoms with E-state index in [0.717, 1.165) is 32.8 Å². The van der Waals surface area contributed by atoms with Gasteiger partial charge in [-0.15, -0.1) is 0 Å². The molecule has 0 saturated carbocycles. The summed E-state index contributed by atoms with van der Waals surface area (Å²) in [4.78, 5) is 13.3. The number of benzene rings is 1. The molecule has 0 radical (unpaired) electrons. The molecule has 0 aliphatic carbocycles. The molecule has 0 amide bonds. The first kappa shape index (κ1) is 18.7. The fourth-order valence-electron chi connectivity index (χ4n) is 2.76. The molecule has 134 valence electrons. The lowest BCUT2D eigenvalue weighted by Crippen LogP contribution is -3.15. The summed E-state index contributed by atoms with van der Waals surface area (Å²) < 4.78 is 16.3. The van der Waals surface area contributed by atoms with E-state index >= 15 is 0 Å². The first-order valence-electron chi connectivity index (χ1n) is 8.69. The molecule has 1 N–H and O–H groups in total. The van der Waals surface area contributed by atoms with Crippen LogP contribution in [0.1, 0.15) is 33.3 Å². The molecule has 5 heteroatoms. The molecule has 1 aromatic carbocycles. The Bertz CT molecular complexity index is 515. The summed E-state index contributed by atoms with van der Waals surface area (Å²) in [6, 6.07) is 7.86. The van der Waals surface area contributed by atoms with Crippen LogP contribution in [-0.2, 0) is 19.7 Å². The highest BCUT2D eigenvalue weighted by atomic mass is 16.6. The van der Waals surface area contributed by atoms with Gasteiger partial charge in [0.05, 0.1) is 13.2 Å². The maximum absolute atomic E-state index is 11.9. The van der Waals surface area contributed by atoms with E-state index < -0.39 is 0 Å². The van der Waals surface area contributed by atoms with Crippen LogP contribution in [0.4, 0.5) is 0 Å². The molecule has 2 rings (SSSR count). The molecule has 5 nitrogen and oxygen atoms in total. The zero-order chi connectivity index (χ0) is 17.6. The Hall–Kier alpha value is -1.59. The molecule has 1 saturated heterocycles. The summed E-state index contributed by atoms with van der Waals surface area (Å²) in [5.74, 6) is 0.362. The topological polar surface area (TPSA) is 49.2 Å². The zero-order valence-electron chi connectivity index (χ0n) is 15.3. The van der Waals surface area contributed by atoms with Crippen molar-refractivity contribution < 1.29 is 23.9 Å². The van der Waals surface area contributed by atoms with Crippen molar-refractivity contribution in [3.05, 3.63) is 29.8 Å². The molecule has 0 aromatic heterocycles. The van der Waals surface area contributed by atoms with Crippen molar-refractivity contribution in [2.45, 2.75) is 39.2 Å². The van der Waals surface area contributed by atoms with E-state index in [1.54, 1.807) is 0 Å². The van der Waals surface area contributed by atoms with Gasteiger partial charge in [-0.1, -0.05) is 32.9 Å². The number of ether oxygens (including phenoxy) is 3. The molecule has 0 unspecified atom stereocenters. The average molecular weight is 336 g/mol. The highest BCUT2D eigenvalue weighted by Crippen LogP contribution is 2.24. The number of rotatable bonds is 6. The number of carbonyl (C=O) groups excluding carboxylic acids is 1. The van der Waals surface area contributed by atoms with Gasteiger partial charge in [0.15, 0.2) is 6.61 Å². The van der Waals surface area contributed by atoms with Gasteiger partial charge in [-0.3, -0.25) is 0 Å². The van der Waals surface area contributed by atoms with Crippen LogP contribution in [0.3, 0.4) is 0 Å². The summed E-state index contributed by atoms with van der Waals surface area (Å²) in [5.41, 5.74) is 1.34. The minimum atomic E-state index is -0.324. The number of hydrogen-bond donors (Lipinski definition) is 1. The van der Waals surface area contributed by atoms with Gasteiger partial charge in [-0.05, 0) is 30.0 Å². The lowest BCUT2D eigenvalue weighted by atomic mass is 9.87. The van der Waals surface area contributed by atoms with Crippen molar-refractivity contribution >= 4 is 5.97 Å². The number of quaternary nitrogens is 1. The number of esters is 1. The summed E-state index contributed by atoms with van der Waals surface area (Å²) >= 11 is 0. The van der Waals surface area contributed by atoms with Crippen LogP contribution in [0.5, 0.6) is 5.75 Å². The first-order valence-corrected chi connectivity index (χ1v) is 8.69. The van der Waals surface area contributed by atoms with Gasteiger partial charge in [0.25, 0.3) is 0 Å². The SMILES string of the molecule is C[C@@H](C[NH+]1CCOCC1)OC(=O)COc1ccc(C(C)(C)C)cc1. The predicted octanol–water partition coefficient (Wildman–Crippen LogP) is 1.21. The quantitative estimate of drug-likeness (QED) is 0.794. The Morgan fingerprint density at radius 1 is 1.21 bits per heavy atom. The summed E-state index contributed by atoms with van der Waals surface area (Å²) in [6.07, 6.45) is -0.113. The molecule has 1 aliphatic heterocycles. The second-order valence-corrected chi connectivity index (χ2v) is 7.43. The third-order valence-electron chi connectivity index (χ3n) is 4.19. The lowest BCUT2D eigenvalue weighted by molar-refractivity contribution is -0.910. The average Bonchev–Trinajstić information content (AvgIpc) is 2.53. The van der Waals surface area contributed by atoms with Gasteiger partial charge in [0.1, 0.15) is 31.5 Å². The Morgan fingerprint density at radius 2 is 1.83 bits per heavy atom. The monoisotopic (exact) mass is 336 g/mol. The second-order valence-electron chi connectivity index (χ2n) is 7.43. The van der Waals surface area contributed by atoms with E-state index in [-0.39, 0.29) is 24.1 Å². The van der Waals surface area contributed by atoms with E-state index in [2.05, 4.69) is 20.8 Å². The van der Waals surface area contributed by atoms with Crippen LogP contribution < -0.4 is 9.64 Å². The van der Waals surface area contributed by atoms with Gasteiger partial charge in [-0.2, -0.15) is 0 Å². The maximum Gasteiger partial charge on any atom is 0.344 e. The smallest absolute Gasteiger partial charge is 0.344 e. The Balaban J connectivity index is 1.72. The highest BCUT2D eigenvalue weighted by molar-refractivity contribution is 5.71. The maximum atomic E-state index is 11.9. The van der Waals surface area contributed by atoms with Crippen molar-refractivity contribution in [3.63, 3.8) is 0 Å². The summed E-state index contributed by atoms with van der Waals surface area (Å²) in [5, 5.41) is 0. The van der Waals surface area contributed by atoms with Crippen LogP contribution in [0.15, 0.2) is 24.3 Å². The van der Waals surface area contributed by atoms with Crippen molar-refractivity contribution in [1.29, 1.82) is 0 Å². The number of morpholine rings is 1. The Labute approximate surface area is 144 Å². The fraction of sp³-hybridized carbons (Fsp3) is 0.632. The molecule has 1 heterocycles. The Morgan fingerprint density at radius 3 is 2.42 bits per heavy atom.